The number of carboxylic acids is 1. The van der Waals surface area contributed by atoms with Gasteiger partial charge < -0.3 is 9.84 Å². The zero-order valence-electron chi connectivity index (χ0n) is 8.42. The topological polar surface area (TPSA) is 46.5 Å². The van der Waals surface area contributed by atoms with E-state index in [-0.39, 0.29) is 18.4 Å². The van der Waals surface area contributed by atoms with E-state index >= 15 is 0 Å². The summed E-state index contributed by atoms with van der Waals surface area (Å²) in [6, 6.07) is 2.47. The van der Waals surface area contributed by atoms with E-state index in [0.29, 0.717) is 0 Å². The van der Waals surface area contributed by atoms with Crippen molar-refractivity contribution in [2.45, 2.75) is 19.2 Å². The van der Waals surface area contributed by atoms with Crippen molar-refractivity contribution in [3.05, 3.63) is 29.6 Å². The van der Waals surface area contributed by atoms with Crippen molar-refractivity contribution in [3.63, 3.8) is 0 Å². The van der Waals surface area contributed by atoms with E-state index in [9.17, 15) is 22.4 Å². The Morgan fingerprint density at radius 3 is 2.53 bits per heavy atom. The number of aryl methyl sites for hydroxylation is 1. The van der Waals surface area contributed by atoms with Crippen molar-refractivity contribution in [2.24, 2.45) is 0 Å². The number of hydrogen-bond donors (Lipinski definition) is 1. The summed E-state index contributed by atoms with van der Waals surface area (Å²) in [5.41, 5.74) is -0.130. The van der Waals surface area contributed by atoms with Crippen LogP contribution in [0.5, 0.6) is 5.75 Å². The summed E-state index contributed by atoms with van der Waals surface area (Å²) < 4.78 is 52.3. The first-order valence-electron chi connectivity index (χ1n) is 4.54. The van der Waals surface area contributed by atoms with Crippen LogP contribution in [0.15, 0.2) is 18.2 Å². The van der Waals surface area contributed by atoms with Crippen LogP contribution in [-0.2, 0) is 11.2 Å². The molecule has 1 rings (SSSR count). The fourth-order valence-electron chi connectivity index (χ4n) is 1.18. The van der Waals surface area contributed by atoms with Gasteiger partial charge in [0.2, 0.25) is 0 Å². The van der Waals surface area contributed by atoms with Gasteiger partial charge in [-0.1, -0.05) is 0 Å². The minimum atomic E-state index is -4.86. The molecule has 0 saturated carbocycles. The Labute approximate surface area is 93.6 Å². The van der Waals surface area contributed by atoms with E-state index < -0.39 is 23.9 Å². The standard InChI is InChI=1S/C10H8F4O3/c11-8-3-2-7(17-10(12,13)14)5-6(8)1-4-9(15)16/h2-3,5H,1,4H2,(H,15,16). The first kappa shape index (κ1) is 13.3. The van der Waals surface area contributed by atoms with Crippen LogP contribution in [0, 0.1) is 5.82 Å². The number of carbonyl (C=O) groups is 1. The highest BCUT2D eigenvalue weighted by Gasteiger charge is 2.31. The lowest BCUT2D eigenvalue weighted by atomic mass is 10.1. The van der Waals surface area contributed by atoms with Crippen LogP contribution in [0.2, 0.25) is 0 Å². The van der Waals surface area contributed by atoms with Gasteiger partial charge in [0.25, 0.3) is 0 Å². The van der Waals surface area contributed by atoms with Gasteiger partial charge in [-0.05, 0) is 30.2 Å². The molecule has 0 bridgehead atoms. The minimum Gasteiger partial charge on any atom is -0.481 e. The van der Waals surface area contributed by atoms with Gasteiger partial charge in [-0.2, -0.15) is 0 Å². The van der Waals surface area contributed by atoms with Crippen LogP contribution in [0.1, 0.15) is 12.0 Å². The molecule has 0 heterocycles. The van der Waals surface area contributed by atoms with E-state index in [1.165, 1.54) is 0 Å². The zero-order chi connectivity index (χ0) is 13.1. The van der Waals surface area contributed by atoms with Gasteiger partial charge in [-0.25, -0.2) is 4.39 Å². The van der Waals surface area contributed by atoms with Crippen LogP contribution in [0.3, 0.4) is 0 Å². The molecule has 0 saturated heterocycles. The summed E-state index contributed by atoms with van der Waals surface area (Å²) in [7, 11) is 0. The Morgan fingerprint density at radius 1 is 1.35 bits per heavy atom. The van der Waals surface area contributed by atoms with E-state index in [1.807, 2.05) is 0 Å². The molecule has 3 nitrogen and oxygen atoms in total. The van der Waals surface area contributed by atoms with Gasteiger partial charge in [-0.15, -0.1) is 13.2 Å². The van der Waals surface area contributed by atoms with Crippen LogP contribution in [-0.4, -0.2) is 17.4 Å². The Balaban J connectivity index is 2.83. The number of rotatable bonds is 4. The van der Waals surface area contributed by atoms with Crippen molar-refractivity contribution < 1.29 is 32.2 Å². The number of hydrogen-bond acceptors (Lipinski definition) is 2. The van der Waals surface area contributed by atoms with Crippen LogP contribution >= 0.6 is 0 Å². The molecule has 0 atom stereocenters. The van der Waals surface area contributed by atoms with E-state index in [0.717, 1.165) is 18.2 Å². The molecule has 0 aliphatic heterocycles. The Hall–Kier alpha value is -1.79. The van der Waals surface area contributed by atoms with Crippen molar-refractivity contribution in [1.29, 1.82) is 0 Å². The molecule has 0 radical (unpaired) electrons. The summed E-state index contributed by atoms with van der Waals surface area (Å²) in [5.74, 6) is -2.49. The van der Waals surface area contributed by atoms with Crippen molar-refractivity contribution in [1.82, 2.24) is 0 Å². The third-order valence-electron chi connectivity index (χ3n) is 1.86. The Bertz CT molecular complexity index is 415. The van der Waals surface area contributed by atoms with Crippen LogP contribution in [0.4, 0.5) is 17.6 Å². The molecule has 0 aromatic heterocycles. The average molecular weight is 252 g/mol. The fraction of sp³-hybridized carbons (Fsp3) is 0.300. The third kappa shape index (κ3) is 4.71. The number of aliphatic carboxylic acids is 1. The molecule has 1 aromatic rings. The molecule has 0 unspecified atom stereocenters. The number of benzene rings is 1. The minimum absolute atomic E-state index is 0.130. The van der Waals surface area contributed by atoms with Crippen LogP contribution < -0.4 is 4.74 Å². The second kappa shape index (κ2) is 5.03. The van der Waals surface area contributed by atoms with Gasteiger partial charge in [0.15, 0.2) is 0 Å². The maximum atomic E-state index is 13.1. The van der Waals surface area contributed by atoms with Crippen molar-refractivity contribution in [2.75, 3.05) is 0 Å². The summed E-state index contributed by atoms with van der Waals surface area (Å²) in [4.78, 5) is 10.3. The third-order valence-corrected chi connectivity index (χ3v) is 1.86. The molecular weight excluding hydrogens is 244 g/mol. The average Bonchev–Trinajstić information content (AvgIpc) is 2.16. The van der Waals surface area contributed by atoms with Gasteiger partial charge >= 0.3 is 12.3 Å². The molecule has 1 N–H and O–H groups in total. The molecule has 0 amide bonds. The first-order valence-corrected chi connectivity index (χ1v) is 4.54. The monoisotopic (exact) mass is 252 g/mol. The lowest BCUT2D eigenvalue weighted by Gasteiger charge is -2.10. The predicted molar refractivity (Wildman–Crippen MR) is 49.0 cm³/mol. The van der Waals surface area contributed by atoms with E-state index in [2.05, 4.69) is 4.74 Å². The molecule has 7 heteroatoms. The number of carboxylic acid groups (broad SMARTS) is 1. The predicted octanol–water partition coefficient (Wildman–Crippen LogP) is 2.74. The number of alkyl halides is 3. The second-order valence-electron chi connectivity index (χ2n) is 3.19. The Morgan fingerprint density at radius 2 is 2.00 bits per heavy atom. The highest BCUT2D eigenvalue weighted by Crippen LogP contribution is 2.25. The lowest BCUT2D eigenvalue weighted by Crippen LogP contribution is -2.17. The zero-order valence-corrected chi connectivity index (χ0v) is 8.42. The van der Waals surface area contributed by atoms with Gasteiger partial charge in [0.05, 0.1) is 0 Å². The first-order chi connectivity index (χ1) is 7.78. The summed E-state index contributed by atoms with van der Waals surface area (Å²) in [6.45, 7) is 0. The maximum absolute atomic E-state index is 13.1. The van der Waals surface area contributed by atoms with Gasteiger partial charge in [-0.3, -0.25) is 4.79 Å². The van der Waals surface area contributed by atoms with E-state index in [4.69, 9.17) is 5.11 Å². The highest BCUT2D eigenvalue weighted by atomic mass is 19.4. The van der Waals surface area contributed by atoms with E-state index in [1.54, 1.807) is 0 Å². The molecule has 1 aromatic carbocycles. The van der Waals surface area contributed by atoms with Gasteiger partial charge in [0.1, 0.15) is 11.6 Å². The van der Waals surface area contributed by atoms with Gasteiger partial charge in [0, 0.05) is 6.42 Å². The normalized spacial score (nSPS) is 11.3. The second-order valence-corrected chi connectivity index (χ2v) is 3.19. The molecule has 0 aliphatic rings. The summed E-state index contributed by atoms with van der Waals surface area (Å²) >= 11 is 0. The highest BCUT2D eigenvalue weighted by molar-refractivity contribution is 5.67. The molecular formula is C10H8F4O3. The molecule has 0 fully saturated rings. The van der Waals surface area contributed by atoms with Crippen LogP contribution in [0.25, 0.3) is 0 Å². The maximum Gasteiger partial charge on any atom is 0.573 e. The number of halogens is 4. The summed E-state index contributed by atoms with van der Waals surface area (Å²) in [5, 5.41) is 8.39. The SMILES string of the molecule is O=C(O)CCc1cc(OC(F)(F)F)ccc1F. The molecule has 94 valence electrons. The molecule has 17 heavy (non-hydrogen) atoms. The lowest BCUT2D eigenvalue weighted by molar-refractivity contribution is -0.274. The Kier molecular flexibility index (Phi) is 3.93. The summed E-state index contributed by atoms with van der Waals surface area (Å²) in [6.07, 6.45) is -5.43. The smallest absolute Gasteiger partial charge is 0.481 e. The number of ether oxygens (including phenoxy) is 1. The fourth-order valence-corrected chi connectivity index (χ4v) is 1.18. The molecule has 0 spiro atoms. The van der Waals surface area contributed by atoms with Crippen molar-refractivity contribution >= 4 is 5.97 Å². The van der Waals surface area contributed by atoms with Crippen molar-refractivity contribution in [3.8, 4) is 5.75 Å². The molecule has 0 aliphatic carbocycles. The largest absolute Gasteiger partial charge is 0.573 e. The quantitative estimate of drug-likeness (QED) is 0.838.